The second-order valence-electron chi connectivity index (χ2n) is 4.18. The van der Waals surface area contributed by atoms with Crippen LogP contribution in [-0.2, 0) is 0 Å². The Morgan fingerprint density at radius 3 is 2.94 bits per heavy atom. The Kier molecular flexibility index (Phi) is 5.51. The minimum Gasteiger partial charge on any atom is -0.349 e. The van der Waals surface area contributed by atoms with Gasteiger partial charge in [0.1, 0.15) is 0 Å². The number of aromatic nitrogens is 1. The number of nitrogens with two attached hydrogens (primary N) is 1. The van der Waals surface area contributed by atoms with Crippen LogP contribution in [0.2, 0.25) is 0 Å². The molecule has 5 nitrogen and oxygen atoms in total. The Morgan fingerprint density at radius 1 is 1.61 bits per heavy atom. The summed E-state index contributed by atoms with van der Waals surface area (Å²) in [5.41, 5.74) is 2.06. The fourth-order valence-electron chi connectivity index (χ4n) is 1.60. The lowest BCUT2D eigenvalue weighted by molar-refractivity contribution is 0.0934. The van der Waals surface area contributed by atoms with E-state index in [0.29, 0.717) is 0 Å². The number of pyridine rings is 1. The first-order valence-corrected chi connectivity index (χ1v) is 6.02. The van der Waals surface area contributed by atoms with Gasteiger partial charge in [0.2, 0.25) is 0 Å². The molecule has 0 aliphatic rings. The molecule has 0 radical (unpaired) electrons. The number of carbonyl (C=O) groups excluding carboxylic acids is 1. The second-order valence-corrected chi connectivity index (χ2v) is 4.18. The van der Waals surface area contributed by atoms with E-state index in [-0.39, 0.29) is 17.4 Å². The third-order valence-corrected chi connectivity index (χ3v) is 2.64. The summed E-state index contributed by atoms with van der Waals surface area (Å²) in [6.07, 6.45) is 4.29. The van der Waals surface area contributed by atoms with E-state index in [2.05, 4.69) is 22.7 Å². The number of nitrogens with zero attached hydrogens (tertiary/aromatic N) is 1. The van der Waals surface area contributed by atoms with Crippen molar-refractivity contribution in [2.75, 3.05) is 5.43 Å². The maximum atomic E-state index is 13.8. The van der Waals surface area contributed by atoms with E-state index in [1.165, 1.54) is 12.3 Å². The van der Waals surface area contributed by atoms with Gasteiger partial charge in [-0.2, -0.15) is 0 Å². The number of hydrogen-bond donors (Lipinski definition) is 3. The lowest BCUT2D eigenvalue weighted by atomic mass is 10.1. The number of hydrogen-bond acceptors (Lipinski definition) is 4. The van der Waals surface area contributed by atoms with Crippen LogP contribution in [0.4, 0.5) is 10.2 Å². The molecule has 0 aliphatic carbocycles. The van der Waals surface area contributed by atoms with Crippen molar-refractivity contribution < 1.29 is 9.18 Å². The third kappa shape index (κ3) is 3.66. The summed E-state index contributed by atoms with van der Waals surface area (Å²) in [6, 6.07) is 1.34. The molecule has 0 saturated carbocycles. The summed E-state index contributed by atoms with van der Waals surface area (Å²) in [5.74, 6) is 3.78. The molecular formula is C12H19FN4O. The van der Waals surface area contributed by atoms with Crippen LogP contribution in [-0.4, -0.2) is 16.9 Å². The fourth-order valence-corrected chi connectivity index (χ4v) is 1.60. The van der Waals surface area contributed by atoms with E-state index in [9.17, 15) is 9.18 Å². The monoisotopic (exact) mass is 254 g/mol. The molecule has 0 spiro atoms. The third-order valence-electron chi connectivity index (χ3n) is 2.64. The van der Waals surface area contributed by atoms with Crippen LogP contribution in [0.1, 0.15) is 43.5 Å². The highest BCUT2D eigenvalue weighted by Gasteiger charge is 2.16. The fraction of sp³-hybridized carbons (Fsp3) is 0.500. The minimum atomic E-state index is -0.736. The first-order valence-electron chi connectivity index (χ1n) is 6.02. The van der Waals surface area contributed by atoms with Crippen LogP contribution in [0.15, 0.2) is 12.3 Å². The average molecular weight is 254 g/mol. The van der Waals surface area contributed by atoms with Crippen LogP contribution in [0.5, 0.6) is 0 Å². The quantitative estimate of drug-likeness (QED) is 0.534. The van der Waals surface area contributed by atoms with Gasteiger partial charge >= 0.3 is 0 Å². The van der Waals surface area contributed by atoms with Gasteiger partial charge < -0.3 is 10.7 Å². The predicted octanol–water partition coefficient (Wildman–Crippen LogP) is 1.81. The zero-order valence-corrected chi connectivity index (χ0v) is 10.7. The molecule has 1 unspecified atom stereocenters. The van der Waals surface area contributed by atoms with E-state index in [0.717, 1.165) is 19.3 Å². The zero-order chi connectivity index (χ0) is 13.5. The molecule has 18 heavy (non-hydrogen) atoms. The van der Waals surface area contributed by atoms with Crippen LogP contribution in [0.3, 0.4) is 0 Å². The van der Waals surface area contributed by atoms with Crippen molar-refractivity contribution >= 4 is 11.7 Å². The Morgan fingerprint density at radius 2 is 2.33 bits per heavy atom. The van der Waals surface area contributed by atoms with Crippen molar-refractivity contribution in [3.63, 3.8) is 0 Å². The van der Waals surface area contributed by atoms with E-state index < -0.39 is 11.7 Å². The van der Waals surface area contributed by atoms with E-state index in [1.807, 2.05) is 6.92 Å². The standard InChI is InChI=1S/C12H19FN4O/c1-3-4-5-8(2)16-12(18)9-6-7-15-11(17-14)10(9)13/h6-8H,3-5,14H2,1-2H3,(H,15,17)(H,16,18). The molecule has 100 valence electrons. The van der Waals surface area contributed by atoms with Gasteiger partial charge in [-0.25, -0.2) is 15.2 Å². The summed E-state index contributed by atoms with van der Waals surface area (Å²) in [5, 5.41) is 2.75. The van der Waals surface area contributed by atoms with Gasteiger partial charge in [-0.3, -0.25) is 4.79 Å². The van der Waals surface area contributed by atoms with E-state index >= 15 is 0 Å². The smallest absolute Gasteiger partial charge is 0.254 e. The predicted molar refractivity (Wildman–Crippen MR) is 68.5 cm³/mol. The van der Waals surface area contributed by atoms with Gasteiger partial charge in [0.05, 0.1) is 5.56 Å². The number of anilines is 1. The van der Waals surface area contributed by atoms with Crippen molar-refractivity contribution in [3.8, 4) is 0 Å². The summed E-state index contributed by atoms with van der Waals surface area (Å²) < 4.78 is 13.8. The topological polar surface area (TPSA) is 80.0 Å². The molecule has 0 fully saturated rings. The SMILES string of the molecule is CCCCC(C)NC(=O)c1ccnc(NN)c1F. The number of hydrazine groups is 1. The molecular weight excluding hydrogens is 235 g/mol. The molecule has 0 aromatic carbocycles. The van der Waals surface area contributed by atoms with Gasteiger partial charge in [0, 0.05) is 12.2 Å². The molecule has 0 aliphatic heterocycles. The van der Waals surface area contributed by atoms with E-state index in [1.54, 1.807) is 0 Å². The van der Waals surface area contributed by atoms with Gasteiger partial charge in [-0.15, -0.1) is 0 Å². The Bertz CT molecular complexity index is 411. The Labute approximate surface area is 106 Å². The molecule has 1 atom stereocenters. The Hall–Kier alpha value is -1.69. The molecule has 1 amide bonds. The van der Waals surface area contributed by atoms with Crippen molar-refractivity contribution in [2.24, 2.45) is 5.84 Å². The van der Waals surface area contributed by atoms with Gasteiger partial charge in [0.25, 0.3) is 5.91 Å². The summed E-state index contributed by atoms with van der Waals surface area (Å²) in [6.45, 7) is 3.98. The first-order chi connectivity index (χ1) is 8.60. The Balaban J connectivity index is 2.72. The molecule has 6 heteroatoms. The van der Waals surface area contributed by atoms with Crippen molar-refractivity contribution in [1.29, 1.82) is 0 Å². The van der Waals surface area contributed by atoms with Crippen LogP contribution in [0.25, 0.3) is 0 Å². The second kappa shape index (κ2) is 6.90. The highest BCUT2D eigenvalue weighted by Crippen LogP contribution is 2.14. The lowest BCUT2D eigenvalue weighted by Crippen LogP contribution is -2.33. The van der Waals surface area contributed by atoms with Gasteiger partial charge in [-0.1, -0.05) is 19.8 Å². The van der Waals surface area contributed by atoms with Gasteiger partial charge in [-0.05, 0) is 19.4 Å². The van der Waals surface area contributed by atoms with Crippen LogP contribution >= 0.6 is 0 Å². The highest BCUT2D eigenvalue weighted by molar-refractivity contribution is 5.95. The highest BCUT2D eigenvalue weighted by atomic mass is 19.1. The first kappa shape index (κ1) is 14.4. The van der Waals surface area contributed by atoms with Crippen molar-refractivity contribution in [2.45, 2.75) is 39.2 Å². The lowest BCUT2D eigenvalue weighted by Gasteiger charge is -2.14. The number of rotatable bonds is 6. The van der Waals surface area contributed by atoms with Crippen molar-refractivity contribution in [3.05, 3.63) is 23.6 Å². The van der Waals surface area contributed by atoms with Gasteiger partial charge in [0.15, 0.2) is 11.6 Å². The molecule has 1 heterocycles. The number of amides is 1. The number of halogens is 1. The average Bonchev–Trinajstić information content (AvgIpc) is 2.36. The van der Waals surface area contributed by atoms with E-state index in [4.69, 9.17) is 5.84 Å². The molecule has 1 aromatic rings. The number of unbranched alkanes of at least 4 members (excludes halogenated alkanes) is 1. The zero-order valence-electron chi connectivity index (χ0n) is 10.7. The number of carbonyl (C=O) groups is 1. The summed E-state index contributed by atoms with van der Waals surface area (Å²) in [7, 11) is 0. The molecule has 4 N–H and O–H groups in total. The normalized spacial score (nSPS) is 12.0. The largest absolute Gasteiger partial charge is 0.349 e. The molecule has 0 saturated heterocycles. The summed E-state index contributed by atoms with van der Waals surface area (Å²) in [4.78, 5) is 15.5. The molecule has 1 aromatic heterocycles. The number of nitrogen functional groups attached to an aromatic ring is 1. The minimum absolute atomic E-state index is 0.0132. The van der Waals surface area contributed by atoms with Crippen LogP contribution in [0, 0.1) is 5.82 Å². The summed E-state index contributed by atoms with van der Waals surface area (Å²) >= 11 is 0. The number of nitrogens with one attached hydrogen (secondary N) is 2. The maximum absolute atomic E-state index is 13.8. The van der Waals surface area contributed by atoms with Crippen LogP contribution < -0.4 is 16.6 Å². The maximum Gasteiger partial charge on any atom is 0.254 e. The van der Waals surface area contributed by atoms with Crippen molar-refractivity contribution in [1.82, 2.24) is 10.3 Å². The molecule has 1 rings (SSSR count). The molecule has 0 bridgehead atoms.